The smallest absolute Gasteiger partial charge is 0 e. The Kier molecular flexibility index (Phi) is 5.93. The van der Waals surface area contributed by atoms with E-state index in [9.17, 15) is 0 Å². The van der Waals surface area contributed by atoms with Crippen LogP contribution in [0.15, 0.2) is 0 Å². The topological polar surface area (TPSA) is 12.0 Å². The molecule has 0 amide bonds. The highest BCUT2D eigenvalue weighted by Crippen LogP contribution is 1.80. The van der Waals surface area contributed by atoms with Gasteiger partial charge in [-0.05, 0) is 19.5 Å². The Hall–Kier alpha value is -0.0400. The Bertz CT molecular complexity index is 27.7. The van der Waals surface area contributed by atoms with E-state index in [0.29, 0.717) is 0 Å². The van der Waals surface area contributed by atoms with Crippen molar-refractivity contribution < 1.29 is 1.43 Å². The maximum absolute atomic E-state index is 3.25. The number of nitrogens with one attached hydrogen (secondary N) is 1. The van der Waals surface area contributed by atoms with E-state index in [-0.39, 0.29) is 1.43 Å². The van der Waals surface area contributed by atoms with Crippen LogP contribution in [0.4, 0.5) is 0 Å². The highest BCUT2D eigenvalue weighted by atomic mass is 14.8. The molecule has 0 aliphatic rings. The van der Waals surface area contributed by atoms with Crippen molar-refractivity contribution in [2.45, 2.75) is 26.7 Å². The third kappa shape index (κ3) is 5.96. The molecule has 1 nitrogen and oxygen atoms in total. The van der Waals surface area contributed by atoms with E-state index in [1.165, 1.54) is 19.4 Å². The van der Waals surface area contributed by atoms with E-state index in [2.05, 4.69) is 19.2 Å². The fraction of sp³-hybridized carbons (Fsp3) is 1.00. The molecule has 0 spiro atoms. The Balaban J connectivity index is 0. The summed E-state index contributed by atoms with van der Waals surface area (Å²) in [5, 5.41) is 3.25. The summed E-state index contributed by atoms with van der Waals surface area (Å²) in [4.78, 5) is 0. The molecule has 0 aliphatic carbocycles. The second-order valence-electron chi connectivity index (χ2n) is 1.71. The third-order valence-electron chi connectivity index (χ3n) is 0.957. The molecular weight excluding hydrogens is 86.1 g/mol. The van der Waals surface area contributed by atoms with Crippen LogP contribution >= 0.6 is 0 Å². The lowest BCUT2D eigenvalue weighted by Crippen LogP contribution is -2.13. The van der Waals surface area contributed by atoms with Gasteiger partial charge in [0, 0.05) is 1.43 Å². The van der Waals surface area contributed by atoms with Gasteiger partial charge in [-0.2, -0.15) is 0 Å². The Morgan fingerprint density at radius 3 is 2.57 bits per heavy atom. The molecule has 0 aliphatic heterocycles. The van der Waals surface area contributed by atoms with Crippen molar-refractivity contribution in [1.29, 1.82) is 0 Å². The summed E-state index contributed by atoms with van der Waals surface area (Å²) in [6, 6.07) is 0. The van der Waals surface area contributed by atoms with Crippen molar-refractivity contribution >= 4 is 0 Å². The van der Waals surface area contributed by atoms with Gasteiger partial charge in [-0.3, -0.25) is 0 Å². The molecule has 46 valence electrons. The molecule has 0 heterocycles. The number of hydrogen-bond acceptors (Lipinski definition) is 1. The predicted molar refractivity (Wildman–Crippen MR) is 35.6 cm³/mol. The third-order valence-corrected chi connectivity index (χ3v) is 0.957. The summed E-state index contributed by atoms with van der Waals surface area (Å²) in [7, 11) is 0. The molecule has 7 heavy (non-hydrogen) atoms. The van der Waals surface area contributed by atoms with Crippen molar-refractivity contribution in [3.8, 4) is 0 Å². The molecule has 0 aromatic heterocycles. The van der Waals surface area contributed by atoms with E-state index in [1.54, 1.807) is 0 Å². The van der Waals surface area contributed by atoms with Crippen molar-refractivity contribution in [2.24, 2.45) is 0 Å². The van der Waals surface area contributed by atoms with Gasteiger partial charge in [-0.15, -0.1) is 0 Å². The lowest BCUT2D eigenvalue weighted by atomic mass is 10.3. The average molecular weight is 103 g/mol. The minimum Gasteiger partial charge on any atom is -0.317 e. The van der Waals surface area contributed by atoms with E-state index < -0.39 is 0 Å². The van der Waals surface area contributed by atoms with Gasteiger partial charge in [-0.25, -0.2) is 0 Å². The summed E-state index contributed by atoms with van der Waals surface area (Å²) in [6.07, 6.45) is 2.61. The Morgan fingerprint density at radius 1 is 1.43 bits per heavy atom. The summed E-state index contributed by atoms with van der Waals surface area (Å²) >= 11 is 0. The summed E-state index contributed by atoms with van der Waals surface area (Å²) in [5.41, 5.74) is 0. The summed E-state index contributed by atoms with van der Waals surface area (Å²) in [5.74, 6) is 0. The molecule has 1 N–H and O–H groups in total. The zero-order valence-corrected chi connectivity index (χ0v) is 5.33. The van der Waals surface area contributed by atoms with Gasteiger partial charge in [-0.1, -0.05) is 20.3 Å². The lowest BCUT2D eigenvalue weighted by Gasteiger charge is -1.95. The van der Waals surface area contributed by atoms with Gasteiger partial charge in [0.25, 0.3) is 0 Å². The minimum absolute atomic E-state index is 0. The largest absolute Gasteiger partial charge is 0.317 e. The molecule has 0 unspecified atom stereocenters. The highest BCUT2D eigenvalue weighted by molar-refractivity contribution is 4.39. The highest BCUT2D eigenvalue weighted by Gasteiger charge is 1.77. The fourth-order valence-electron chi connectivity index (χ4n) is 0.479. The van der Waals surface area contributed by atoms with Crippen LogP contribution in [-0.4, -0.2) is 13.1 Å². The van der Waals surface area contributed by atoms with Crippen LogP contribution in [0.1, 0.15) is 28.1 Å². The average Bonchev–Trinajstić information content (AvgIpc) is 1.69. The van der Waals surface area contributed by atoms with Crippen molar-refractivity contribution in [1.82, 2.24) is 5.32 Å². The SMILES string of the molecule is CCCCNCC.[HH]. The lowest BCUT2D eigenvalue weighted by molar-refractivity contribution is 0.663. The van der Waals surface area contributed by atoms with Crippen LogP contribution in [0.2, 0.25) is 0 Å². The first-order valence-electron chi connectivity index (χ1n) is 3.12. The Labute approximate surface area is 47.6 Å². The van der Waals surface area contributed by atoms with Gasteiger partial charge >= 0.3 is 0 Å². The van der Waals surface area contributed by atoms with Gasteiger partial charge < -0.3 is 5.32 Å². The van der Waals surface area contributed by atoms with Crippen LogP contribution in [0, 0.1) is 0 Å². The van der Waals surface area contributed by atoms with E-state index >= 15 is 0 Å². The van der Waals surface area contributed by atoms with Gasteiger partial charge in [0.1, 0.15) is 0 Å². The predicted octanol–water partition coefficient (Wildman–Crippen LogP) is 1.64. The van der Waals surface area contributed by atoms with Crippen LogP contribution in [0.3, 0.4) is 0 Å². The number of rotatable bonds is 4. The molecule has 0 aromatic rings. The van der Waals surface area contributed by atoms with Crippen molar-refractivity contribution in [2.75, 3.05) is 13.1 Å². The number of unbranched alkanes of at least 4 members (excludes halogenated alkanes) is 1. The molecular formula is C6H17N. The molecule has 0 atom stereocenters. The first-order valence-corrected chi connectivity index (χ1v) is 3.12. The Morgan fingerprint density at radius 2 is 2.14 bits per heavy atom. The zero-order valence-electron chi connectivity index (χ0n) is 5.33. The monoisotopic (exact) mass is 103 g/mol. The molecule has 0 saturated carbocycles. The summed E-state index contributed by atoms with van der Waals surface area (Å²) in [6.45, 7) is 6.64. The maximum atomic E-state index is 3.25. The van der Waals surface area contributed by atoms with Crippen molar-refractivity contribution in [3.05, 3.63) is 0 Å². The normalized spacial score (nSPS) is 9.43. The first-order chi connectivity index (χ1) is 3.41. The van der Waals surface area contributed by atoms with E-state index in [0.717, 1.165) is 6.54 Å². The maximum Gasteiger partial charge on any atom is 0 e. The summed E-state index contributed by atoms with van der Waals surface area (Å²) < 4.78 is 0. The van der Waals surface area contributed by atoms with Crippen LogP contribution in [-0.2, 0) is 0 Å². The second kappa shape index (κ2) is 5.96. The first kappa shape index (κ1) is 6.96. The number of hydrogen-bond donors (Lipinski definition) is 1. The molecule has 0 bridgehead atoms. The molecule has 0 fully saturated rings. The molecule has 0 aromatic carbocycles. The van der Waals surface area contributed by atoms with Gasteiger partial charge in [0.2, 0.25) is 0 Å². The molecule has 0 saturated heterocycles. The van der Waals surface area contributed by atoms with Crippen molar-refractivity contribution in [3.63, 3.8) is 0 Å². The minimum atomic E-state index is 0. The fourth-order valence-corrected chi connectivity index (χ4v) is 0.479. The molecule has 1 heteroatoms. The second-order valence-corrected chi connectivity index (χ2v) is 1.71. The van der Waals surface area contributed by atoms with Gasteiger partial charge in [0.05, 0.1) is 0 Å². The standard InChI is InChI=1S/C6H15N.H2/c1-3-5-6-7-4-2;/h7H,3-6H2,1-2H3;1H. The van der Waals surface area contributed by atoms with Crippen LogP contribution < -0.4 is 5.32 Å². The van der Waals surface area contributed by atoms with E-state index in [1.807, 2.05) is 0 Å². The van der Waals surface area contributed by atoms with E-state index in [4.69, 9.17) is 0 Å². The van der Waals surface area contributed by atoms with Crippen LogP contribution in [0.5, 0.6) is 0 Å². The van der Waals surface area contributed by atoms with Crippen LogP contribution in [0.25, 0.3) is 0 Å². The molecule has 0 radical (unpaired) electrons. The molecule has 0 rings (SSSR count). The van der Waals surface area contributed by atoms with Gasteiger partial charge in [0.15, 0.2) is 0 Å². The quantitative estimate of drug-likeness (QED) is 0.533. The zero-order chi connectivity index (χ0) is 5.54.